The van der Waals surface area contributed by atoms with Crippen molar-refractivity contribution in [2.75, 3.05) is 13.2 Å². The Hall–Kier alpha value is -2.25. The second-order valence-corrected chi connectivity index (χ2v) is 7.80. The van der Waals surface area contributed by atoms with Crippen molar-refractivity contribution in [3.63, 3.8) is 0 Å². The summed E-state index contributed by atoms with van der Waals surface area (Å²) >= 11 is 6.29. The molecule has 1 aliphatic heterocycles. The van der Waals surface area contributed by atoms with Crippen molar-refractivity contribution in [1.82, 2.24) is 25.0 Å². The molecule has 1 saturated heterocycles. The van der Waals surface area contributed by atoms with Crippen molar-refractivity contribution in [3.05, 3.63) is 40.7 Å². The van der Waals surface area contributed by atoms with Crippen LogP contribution in [0.1, 0.15) is 32.2 Å². The fourth-order valence-corrected chi connectivity index (χ4v) is 2.78. The van der Waals surface area contributed by atoms with Crippen LogP contribution in [0.25, 0.3) is 11.2 Å². The molecule has 4 rings (SSSR count). The summed E-state index contributed by atoms with van der Waals surface area (Å²) in [7, 11) is 0. The van der Waals surface area contributed by atoms with E-state index in [1.54, 1.807) is 4.68 Å². The molecule has 1 aromatic carbocycles. The molecular weight excluding hydrogens is 354 g/mol. The first kappa shape index (κ1) is 17.2. The first-order valence-corrected chi connectivity index (χ1v) is 8.89. The van der Waals surface area contributed by atoms with E-state index in [1.165, 1.54) is 0 Å². The van der Waals surface area contributed by atoms with Gasteiger partial charge in [0.25, 0.3) is 0 Å². The van der Waals surface area contributed by atoms with Gasteiger partial charge in [0.15, 0.2) is 11.2 Å². The highest BCUT2D eigenvalue weighted by molar-refractivity contribution is 6.31. The van der Waals surface area contributed by atoms with E-state index in [2.05, 4.69) is 36.1 Å². The van der Waals surface area contributed by atoms with E-state index in [0.29, 0.717) is 47.6 Å². The largest absolute Gasteiger partial charge is 0.468 e. The molecule has 1 aliphatic rings. The number of nitrogens with zero attached hydrogens (tertiary/aromatic N) is 5. The van der Waals surface area contributed by atoms with Crippen LogP contribution in [0.3, 0.4) is 0 Å². The highest BCUT2D eigenvalue weighted by atomic mass is 35.5. The Kier molecular flexibility index (Phi) is 4.28. The van der Waals surface area contributed by atoms with Gasteiger partial charge in [-0.05, 0) is 11.6 Å². The normalized spacial score (nSPS) is 15.2. The van der Waals surface area contributed by atoms with Crippen molar-refractivity contribution in [3.8, 4) is 5.88 Å². The molecular formula is C18H20ClN5O2. The predicted molar refractivity (Wildman–Crippen MR) is 97.6 cm³/mol. The van der Waals surface area contributed by atoms with Gasteiger partial charge in [-0.15, -0.1) is 5.10 Å². The number of ether oxygens (including phenoxy) is 2. The Morgan fingerprint density at radius 3 is 2.65 bits per heavy atom. The smallest absolute Gasteiger partial charge is 0.248 e. The minimum Gasteiger partial charge on any atom is -0.468 e. The average Bonchev–Trinajstić information content (AvgIpc) is 2.95. The summed E-state index contributed by atoms with van der Waals surface area (Å²) in [4.78, 5) is 9.32. The Balaban J connectivity index is 1.79. The zero-order valence-electron chi connectivity index (χ0n) is 14.9. The standard InChI is InChI=1S/C18H20ClN5O2/c1-18(2,3)17-20-15-14(16(21-17)26-12-9-25-10-12)22-23-24(15)8-11-6-4-5-7-13(11)19/h4-7,12H,8-10H2,1-3H3. The highest BCUT2D eigenvalue weighted by Gasteiger charge is 2.27. The maximum Gasteiger partial charge on any atom is 0.248 e. The first-order chi connectivity index (χ1) is 12.4. The molecule has 0 radical (unpaired) electrons. The number of hydrogen-bond acceptors (Lipinski definition) is 6. The molecule has 136 valence electrons. The Labute approximate surface area is 156 Å². The molecule has 0 N–H and O–H groups in total. The lowest BCUT2D eigenvalue weighted by molar-refractivity contribution is -0.0809. The summed E-state index contributed by atoms with van der Waals surface area (Å²) in [5.74, 6) is 1.14. The molecule has 0 saturated carbocycles. The topological polar surface area (TPSA) is 75.0 Å². The minimum atomic E-state index is -0.234. The second-order valence-electron chi connectivity index (χ2n) is 7.39. The third kappa shape index (κ3) is 3.24. The van der Waals surface area contributed by atoms with Crippen LogP contribution in [0.15, 0.2) is 24.3 Å². The van der Waals surface area contributed by atoms with E-state index in [9.17, 15) is 0 Å². The van der Waals surface area contributed by atoms with Crippen molar-refractivity contribution in [2.24, 2.45) is 0 Å². The van der Waals surface area contributed by atoms with Crippen LogP contribution in [0.5, 0.6) is 5.88 Å². The molecule has 0 unspecified atom stereocenters. The zero-order valence-corrected chi connectivity index (χ0v) is 15.7. The number of halogens is 1. The van der Waals surface area contributed by atoms with Gasteiger partial charge in [-0.1, -0.05) is 55.8 Å². The summed E-state index contributed by atoms with van der Waals surface area (Å²) in [5, 5.41) is 9.20. The fraction of sp³-hybridized carbons (Fsp3) is 0.444. The molecule has 0 atom stereocenters. The van der Waals surface area contributed by atoms with Crippen LogP contribution in [-0.4, -0.2) is 44.3 Å². The Bertz CT molecular complexity index is 946. The summed E-state index contributed by atoms with van der Waals surface area (Å²) in [5.41, 5.74) is 1.91. The Morgan fingerprint density at radius 1 is 1.23 bits per heavy atom. The van der Waals surface area contributed by atoms with Crippen molar-refractivity contribution in [2.45, 2.75) is 38.8 Å². The molecule has 3 aromatic rings. The van der Waals surface area contributed by atoms with Crippen LogP contribution in [-0.2, 0) is 16.7 Å². The lowest BCUT2D eigenvalue weighted by Gasteiger charge is -2.26. The Morgan fingerprint density at radius 2 is 2.00 bits per heavy atom. The van der Waals surface area contributed by atoms with Gasteiger partial charge in [0, 0.05) is 10.4 Å². The number of hydrogen-bond donors (Lipinski definition) is 0. The minimum absolute atomic E-state index is 0.00497. The summed E-state index contributed by atoms with van der Waals surface area (Å²) in [6.45, 7) is 7.78. The van der Waals surface area contributed by atoms with E-state index in [0.717, 1.165) is 5.56 Å². The van der Waals surface area contributed by atoms with Crippen LogP contribution in [0.2, 0.25) is 5.02 Å². The summed E-state index contributed by atoms with van der Waals surface area (Å²) < 4.78 is 12.9. The number of benzene rings is 1. The molecule has 3 heterocycles. The summed E-state index contributed by atoms with van der Waals surface area (Å²) in [6, 6.07) is 7.67. The van der Waals surface area contributed by atoms with E-state index in [-0.39, 0.29) is 11.5 Å². The van der Waals surface area contributed by atoms with E-state index in [4.69, 9.17) is 26.1 Å². The quantitative estimate of drug-likeness (QED) is 0.699. The molecule has 1 fully saturated rings. The van der Waals surface area contributed by atoms with Crippen molar-refractivity contribution in [1.29, 1.82) is 0 Å². The lowest BCUT2D eigenvalue weighted by atomic mass is 9.96. The van der Waals surface area contributed by atoms with Gasteiger partial charge in [-0.25, -0.2) is 9.67 Å². The third-order valence-corrected chi connectivity index (χ3v) is 4.53. The van der Waals surface area contributed by atoms with Gasteiger partial charge in [0.2, 0.25) is 5.88 Å². The SMILES string of the molecule is CC(C)(C)c1nc(OC2COC2)c2nnn(Cc3ccccc3Cl)c2n1. The van der Waals surface area contributed by atoms with Crippen LogP contribution in [0.4, 0.5) is 0 Å². The van der Waals surface area contributed by atoms with Gasteiger partial charge in [0.05, 0.1) is 19.8 Å². The summed E-state index contributed by atoms with van der Waals surface area (Å²) in [6.07, 6.45) is -0.00497. The van der Waals surface area contributed by atoms with E-state index >= 15 is 0 Å². The van der Waals surface area contributed by atoms with Gasteiger partial charge < -0.3 is 9.47 Å². The van der Waals surface area contributed by atoms with E-state index < -0.39 is 0 Å². The molecule has 0 spiro atoms. The first-order valence-electron chi connectivity index (χ1n) is 8.51. The van der Waals surface area contributed by atoms with Gasteiger partial charge in [-0.2, -0.15) is 4.98 Å². The maximum absolute atomic E-state index is 6.29. The molecule has 2 aromatic heterocycles. The number of rotatable bonds is 4. The fourth-order valence-electron chi connectivity index (χ4n) is 2.58. The van der Waals surface area contributed by atoms with Crippen LogP contribution < -0.4 is 4.74 Å². The van der Waals surface area contributed by atoms with Gasteiger partial charge in [-0.3, -0.25) is 0 Å². The van der Waals surface area contributed by atoms with Gasteiger partial charge in [0.1, 0.15) is 11.9 Å². The maximum atomic E-state index is 6.29. The van der Waals surface area contributed by atoms with Crippen LogP contribution >= 0.6 is 11.6 Å². The molecule has 0 bridgehead atoms. The zero-order chi connectivity index (χ0) is 18.3. The van der Waals surface area contributed by atoms with Crippen molar-refractivity contribution < 1.29 is 9.47 Å². The molecule has 7 nitrogen and oxygen atoms in total. The molecule has 0 amide bonds. The lowest BCUT2D eigenvalue weighted by Crippen LogP contribution is -2.39. The molecule has 8 heteroatoms. The molecule has 26 heavy (non-hydrogen) atoms. The predicted octanol–water partition coefficient (Wildman–Crippen LogP) is 3.00. The average molecular weight is 374 g/mol. The van der Waals surface area contributed by atoms with Crippen molar-refractivity contribution >= 4 is 22.8 Å². The monoisotopic (exact) mass is 373 g/mol. The van der Waals surface area contributed by atoms with E-state index in [1.807, 2.05) is 24.3 Å². The third-order valence-electron chi connectivity index (χ3n) is 4.17. The number of fused-ring (bicyclic) bond motifs is 1. The van der Waals surface area contributed by atoms with Crippen LogP contribution in [0, 0.1) is 0 Å². The second kappa shape index (κ2) is 6.48. The highest BCUT2D eigenvalue weighted by Crippen LogP contribution is 2.28. The molecule has 0 aliphatic carbocycles. The van der Waals surface area contributed by atoms with Gasteiger partial charge >= 0.3 is 0 Å². The number of aromatic nitrogens is 5.